The first-order valence-electron chi connectivity index (χ1n) is 11.6. The molecule has 1 amide bonds. The summed E-state index contributed by atoms with van der Waals surface area (Å²) in [7, 11) is 1.70. The number of hydrogen-bond acceptors (Lipinski definition) is 4. The van der Waals surface area contributed by atoms with Crippen LogP contribution < -0.4 is 4.74 Å². The topological polar surface area (TPSA) is 36.0 Å². The van der Waals surface area contributed by atoms with Crippen LogP contribution in [0.2, 0.25) is 0 Å². The van der Waals surface area contributed by atoms with E-state index >= 15 is 0 Å². The van der Waals surface area contributed by atoms with Gasteiger partial charge in [-0.1, -0.05) is 37.8 Å². The van der Waals surface area contributed by atoms with Crippen molar-refractivity contribution >= 4 is 5.91 Å². The third kappa shape index (κ3) is 5.13. The highest BCUT2D eigenvalue weighted by atomic mass is 16.5. The van der Waals surface area contributed by atoms with Crippen LogP contribution in [-0.4, -0.2) is 73.0 Å². The Hall–Kier alpha value is -1.59. The molecule has 1 aromatic rings. The summed E-state index contributed by atoms with van der Waals surface area (Å²) < 4.78 is 5.31. The van der Waals surface area contributed by atoms with Gasteiger partial charge in [0.1, 0.15) is 5.75 Å². The Morgan fingerprint density at radius 3 is 2.28 bits per heavy atom. The fourth-order valence-corrected chi connectivity index (χ4v) is 5.42. The maximum absolute atomic E-state index is 13.3. The molecule has 2 heterocycles. The summed E-state index contributed by atoms with van der Waals surface area (Å²) in [6.45, 7) is 5.77. The van der Waals surface area contributed by atoms with E-state index in [0.29, 0.717) is 12.5 Å². The number of rotatable bonds is 5. The molecule has 160 valence electrons. The van der Waals surface area contributed by atoms with Gasteiger partial charge in [-0.05, 0) is 43.4 Å². The molecule has 2 saturated heterocycles. The standard InChI is InChI=1S/C24H37N3O2/c1-29-22-12-10-20(11-13-22)23-9-3-2-6-14-27(23)24(28)19-25-15-17-26(18-16-25)21-7-4-5-8-21/h10-13,21,23H,2-9,14-19H2,1H3. The second-order valence-electron chi connectivity index (χ2n) is 8.98. The number of piperazine rings is 1. The molecule has 29 heavy (non-hydrogen) atoms. The fourth-order valence-electron chi connectivity index (χ4n) is 5.42. The van der Waals surface area contributed by atoms with E-state index in [1.165, 1.54) is 44.1 Å². The summed E-state index contributed by atoms with van der Waals surface area (Å²) in [5, 5.41) is 0. The van der Waals surface area contributed by atoms with Crippen molar-refractivity contribution < 1.29 is 9.53 Å². The average Bonchev–Trinajstić information content (AvgIpc) is 3.19. The zero-order valence-corrected chi connectivity index (χ0v) is 18.0. The van der Waals surface area contributed by atoms with Crippen molar-refractivity contribution in [2.24, 2.45) is 0 Å². The van der Waals surface area contributed by atoms with E-state index < -0.39 is 0 Å². The predicted molar refractivity (Wildman–Crippen MR) is 116 cm³/mol. The molecule has 1 saturated carbocycles. The lowest BCUT2D eigenvalue weighted by atomic mass is 10.0. The van der Waals surface area contributed by atoms with Crippen LogP contribution in [0.3, 0.4) is 0 Å². The lowest BCUT2D eigenvalue weighted by Crippen LogP contribution is -2.52. The molecule has 0 N–H and O–H groups in total. The smallest absolute Gasteiger partial charge is 0.237 e. The van der Waals surface area contributed by atoms with E-state index in [9.17, 15) is 4.79 Å². The van der Waals surface area contributed by atoms with E-state index in [-0.39, 0.29) is 6.04 Å². The van der Waals surface area contributed by atoms with Crippen molar-refractivity contribution in [2.75, 3.05) is 46.4 Å². The van der Waals surface area contributed by atoms with Gasteiger partial charge in [0.15, 0.2) is 0 Å². The molecule has 4 rings (SSSR count). The first kappa shape index (κ1) is 20.7. The van der Waals surface area contributed by atoms with Gasteiger partial charge in [-0.2, -0.15) is 0 Å². The highest BCUT2D eigenvalue weighted by molar-refractivity contribution is 5.79. The summed E-state index contributed by atoms with van der Waals surface area (Å²) in [6.07, 6.45) is 10.1. The molecule has 5 nitrogen and oxygen atoms in total. The third-order valence-corrected chi connectivity index (χ3v) is 7.18. The van der Waals surface area contributed by atoms with Crippen LogP contribution in [0, 0.1) is 0 Å². The Morgan fingerprint density at radius 1 is 0.897 bits per heavy atom. The van der Waals surface area contributed by atoms with Gasteiger partial charge in [0, 0.05) is 38.8 Å². The zero-order valence-electron chi connectivity index (χ0n) is 18.0. The number of ether oxygens (including phenoxy) is 1. The van der Waals surface area contributed by atoms with Gasteiger partial charge in [0.25, 0.3) is 0 Å². The molecule has 3 fully saturated rings. The maximum atomic E-state index is 13.3. The highest BCUT2D eigenvalue weighted by Gasteiger charge is 2.30. The van der Waals surface area contributed by atoms with E-state index in [1.54, 1.807) is 7.11 Å². The molecular formula is C24H37N3O2. The highest BCUT2D eigenvalue weighted by Crippen LogP contribution is 2.31. The zero-order chi connectivity index (χ0) is 20.1. The molecule has 0 aromatic heterocycles. The molecular weight excluding hydrogens is 362 g/mol. The van der Waals surface area contributed by atoms with Crippen LogP contribution in [0.15, 0.2) is 24.3 Å². The number of methoxy groups -OCH3 is 1. The first-order valence-corrected chi connectivity index (χ1v) is 11.6. The Balaban J connectivity index is 1.36. The van der Waals surface area contributed by atoms with Crippen molar-refractivity contribution in [3.63, 3.8) is 0 Å². The van der Waals surface area contributed by atoms with Crippen LogP contribution in [0.1, 0.15) is 63.0 Å². The number of benzene rings is 1. The number of hydrogen-bond donors (Lipinski definition) is 0. The Kier molecular flexibility index (Phi) is 7.09. The van der Waals surface area contributed by atoms with Crippen molar-refractivity contribution in [2.45, 2.75) is 63.5 Å². The molecule has 1 unspecified atom stereocenters. The summed E-state index contributed by atoms with van der Waals surface area (Å²) >= 11 is 0. The van der Waals surface area contributed by atoms with Gasteiger partial charge < -0.3 is 9.64 Å². The van der Waals surface area contributed by atoms with Gasteiger partial charge in [0.2, 0.25) is 5.91 Å². The second kappa shape index (κ2) is 9.94. The molecule has 0 bridgehead atoms. The number of carbonyl (C=O) groups excluding carboxylic acids is 1. The van der Waals surface area contributed by atoms with Crippen molar-refractivity contribution in [3.8, 4) is 5.75 Å². The van der Waals surface area contributed by atoms with Crippen molar-refractivity contribution in [3.05, 3.63) is 29.8 Å². The van der Waals surface area contributed by atoms with Crippen LogP contribution in [0.4, 0.5) is 0 Å². The van der Waals surface area contributed by atoms with Gasteiger partial charge >= 0.3 is 0 Å². The summed E-state index contributed by atoms with van der Waals surface area (Å²) in [6, 6.07) is 9.31. The van der Waals surface area contributed by atoms with Gasteiger partial charge in [0.05, 0.1) is 19.7 Å². The average molecular weight is 400 g/mol. The summed E-state index contributed by atoms with van der Waals surface area (Å²) in [5.41, 5.74) is 1.24. The summed E-state index contributed by atoms with van der Waals surface area (Å²) in [4.78, 5) is 20.5. The van der Waals surface area contributed by atoms with Gasteiger partial charge in [-0.3, -0.25) is 14.6 Å². The van der Waals surface area contributed by atoms with Crippen molar-refractivity contribution in [1.29, 1.82) is 0 Å². The molecule has 1 atom stereocenters. The number of carbonyl (C=O) groups is 1. The Labute approximate surface area is 176 Å². The Morgan fingerprint density at radius 2 is 1.59 bits per heavy atom. The van der Waals surface area contributed by atoms with E-state index in [1.807, 2.05) is 12.1 Å². The predicted octanol–water partition coefficient (Wildman–Crippen LogP) is 3.70. The van der Waals surface area contributed by atoms with Crippen LogP contribution in [0.25, 0.3) is 0 Å². The van der Waals surface area contributed by atoms with Gasteiger partial charge in [-0.15, -0.1) is 0 Å². The molecule has 1 aliphatic carbocycles. The minimum absolute atomic E-state index is 0.204. The maximum Gasteiger partial charge on any atom is 0.237 e. The number of likely N-dealkylation sites (tertiary alicyclic amines) is 1. The van der Waals surface area contributed by atoms with Crippen molar-refractivity contribution in [1.82, 2.24) is 14.7 Å². The lowest BCUT2D eigenvalue weighted by Gasteiger charge is -2.39. The normalized spacial score (nSPS) is 25.1. The van der Waals surface area contributed by atoms with Crippen LogP contribution in [-0.2, 0) is 4.79 Å². The molecule has 5 heteroatoms. The minimum Gasteiger partial charge on any atom is -0.497 e. The molecule has 0 radical (unpaired) electrons. The monoisotopic (exact) mass is 399 g/mol. The lowest BCUT2D eigenvalue weighted by molar-refractivity contribution is -0.135. The number of amides is 1. The SMILES string of the molecule is COc1ccc(C2CCCCCN2C(=O)CN2CCN(C3CCCC3)CC2)cc1. The van der Waals surface area contributed by atoms with Gasteiger partial charge in [-0.25, -0.2) is 0 Å². The van der Waals surface area contributed by atoms with E-state index in [0.717, 1.165) is 57.4 Å². The molecule has 2 aliphatic heterocycles. The van der Waals surface area contributed by atoms with E-state index in [4.69, 9.17) is 4.74 Å². The molecule has 0 spiro atoms. The molecule has 1 aromatic carbocycles. The summed E-state index contributed by atoms with van der Waals surface area (Å²) in [5.74, 6) is 1.18. The fraction of sp³-hybridized carbons (Fsp3) is 0.708. The quantitative estimate of drug-likeness (QED) is 0.756. The molecule has 3 aliphatic rings. The number of nitrogens with zero attached hydrogens (tertiary/aromatic N) is 3. The van der Waals surface area contributed by atoms with E-state index in [2.05, 4.69) is 26.8 Å². The Bertz CT molecular complexity index is 649. The minimum atomic E-state index is 0.204. The largest absolute Gasteiger partial charge is 0.497 e. The van der Waals surface area contributed by atoms with Crippen LogP contribution in [0.5, 0.6) is 5.75 Å². The van der Waals surface area contributed by atoms with Crippen LogP contribution >= 0.6 is 0 Å². The first-order chi connectivity index (χ1) is 14.2. The third-order valence-electron chi connectivity index (χ3n) is 7.18. The second-order valence-corrected chi connectivity index (χ2v) is 8.98.